The van der Waals surface area contributed by atoms with Gasteiger partial charge in [-0.2, -0.15) is 0 Å². The van der Waals surface area contributed by atoms with E-state index in [1.165, 1.54) is 20.5 Å². The maximum atomic E-state index is 2.15. The number of benzene rings is 2. The predicted octanol–water partition coefficient (Wildman–Crippen LogP) is 6.32. The van der Waals surface area contributed by atoms with Crippen molar-refractivity contribution in [2.45, 2.75) is 0 Å². The molecule has 4 rings (SSSR count). The Labute approximate surface area is 127 Å². The van der Waals surface area contributed by atoms with E-state index in [2.05, 4.69) is 83.6 Å². The molecular formula is C18H14S2. The lowest BCUT2D eigenvalue weighted by Crippen LogP contribution is -1.67. The van der Waals surface area contributed by atoms with Crippen LogP contribution in [0.15, 0.2) is 83.6 Å². The van der Waals surface area contributed by atoms with Crippen molar-refractivity contribution < 1.29 is 0 Å². The Balaban J connectivity index is 0.000000121. The molecule has 0 nitrogen and oxygen atoms in total. The molecule has 0 spiro atoms. The Morgan fingerprint density at radius 3 is 1.15 bits per heavy atom. The van der Waals surface area contributed by atoms with Gasteiger partial charge in [0, 0.05) is 9.75 Å². The summed E-state index contributed by atoms with van der Waals surface area (Å²) in [6.45, 7) is 0. The zero-order valence-electron chi connectivity index (χ0n) is 10.9. The van der Waals surface area contributed by atoms with E-state index >= 15 is 0 Å². The van der Waals surface area contributed by atoms with E-state index in [-0.39, 0.29) is 0 Å². The molecule has 4 aromatic rings. The number of thiophene rings is 2. The smallest absolute Gasteiger partial charge is 0.0442 e. The average molecular weight is 294 g/mol. The molecular weight excluding hydrogens is 280 g/mol. The average Bonchev–Trinajstić information content (AvgIpc) is 3.20. The van der Waals surface area contributed by atoms with Crippen molar-refractivity contribution >= 4 is 33.4 Å². The zero-order chi connectivity index (χ0) is 13.6. The maximum absolute atomic E-state index is 2.15. The van der Waals surface area contributed by atoms with Gasteiger partial charge in [0.1, 0.15) is 0 Å². The Hall–Kier alpha value is -1.90. The summed E-state index contributed by atoms with van der Waals surface area (Å²) in [5.41, 5.74) is 0. The highest BCUT2D eigenvalue weighted by Crippen LogP contribution is 2.28. The van der Waals surface area contributed by atoms with Gasteiger partial charge < -0.3 is 0 Å². The van der Waals surface area contributed by atoms with Crippen molar-refractivity contribution in [2.75, 3.05) is 0 Å². The van der Waals surface area contributed by atoms with Crippen LogP contribution in [0.4, 0.5) is 0 Å². The second kappa shape index (κ2) is 6.51. The maximum Gasteiger partial charge on any atom is 0.0442 e. The minimum atomic E-state index is 1.31. The van der Waals surface area contributed by atoms with Gasteiger partial charge in [-0.1, -0.05) is 60.7 Å². The van der Waals surface area contributed by atoms with E-state index in [1.807, 2.05) is 0 Å². The van der Waals surface area contributed by atoms with E-state index in [4.69, 9.17) is 0 Å². The van der Waals surface area contributed by atoms with Gasteiger partial charge in [-0.05, 0) is 33.7 Å². The molecule has 0 bridgehead atoms. The Bertz CT molecular complexity index is 655. The van der Waals surface area contributed by atoms with Crippen LogP contribution in [-0.2, 0) is 0 Å². The second-order valence-electron chi connectivity index (χ2n) is 4.30. The summed E-state index contributed by atoms with van der Waals surface area (Å²) in [6, 6.07) is 25.2. The fourth-order valence-corrected chi connectivity index (χ4v) is 3.55. The van der Waals surface area contributed by atoms with E-state index in [9.17, 15) is 0 Å². The van der Waals surface area contributed by atoms with E-state index < -0.39 is 0 Å². The van der Waals surface area contributed by atoms with Crippen molar-refractivity contribution in [3.8, 4) is 9.75 Å². The van der Waals surface area contributed by atoms with Crippen LogP contribution >= 0.6 is 22.7 Å². The summed E-state index contributed by atoms with van der Waals surface area (Å²) >= 11 is 3.58. The first-order valence-electron chi connectivity index (χ1n) is 6.45. The third-order valence-corrected chi connectivity index (χ3v) is 4.88. The minimum absolute atomic E-state index is 1.31. The summed E-state index contributed by atoms with van der Waals surface area (Å²) < 4.78 is 0. The zero-order valence-corrected chi connectivity index (χ0v) is 12.5. The molecule has 2 heteroatoms. The van der Waals surface area contributed by atoms with Crippen molar-refractivity contribution in [1.82, 2.24) is 0 Å². The number of hydrogen-bond donors (Lipinski definition) is 0. The molecule has 0 aliphatic heterocycles. The first kappa shape index (κ1) is 13.1. The van der Waals surface area contributed by atoms with E-state index in [0.29, 0.717) is 0 Å². The molecule has 2 aromatic carbocycles. The van der Waals surface area contributed by atoms with Crippen LogP contribution in [0.1, 0.15) is 0 Å². The molecule has 0 N–H and O–H groups in total. The van der Waals surface area contributed by atoms with Gasteiger partial charge in [0.05, 0.1) is 0 Å². The quantitative estimate of drug-likeness (QED) is 0.385. The summed E-state index contributed by atoms with van der Waals surface area (Å²) in [4.78, 5) is 2.74. The standard InChI is InChI=1S/C10H8.C8H6S2/c1-2-6-10-8-4-3-7-9(10)5-1;1-3-7(9-5-1)8-4-2-6-10-8/h1-8H;1-6H. The predicted molar refractivity (Wildman–Crippen MR) is 91.6 cm³/mol. The number of rotatable bonds is 1. The fraction of sp³-hybridized carbons (Fsp3) is 0. The SMILES string of the molecule is c1ccc2ccccc2c1.c1csc(-c2cccs2)c1. The first-order chi connectivity index (χ1) is 9.93. The molecule has 0 fully saturated rings. The summed E-state index contributed by atoms with van der Waals surface area (Å²) in [7, 11) is 0. The third kappa shape index (κ3) is 3.16. The normalized spacial score (nSPS) is 10.0. The minimum Gasteiger partial charge on any atom is -0.143 e. The van der Waals surface area contributed by atoms with Gasteiger partial charge in [-0.15, -0.1) is 22.7 Å². The highest BCUT2D eigenvalue weighted by molar-refractivity contribution is 7.20. The van der Waals surface area contributed by atoms with Crippen LogP contribution in [0, 0.1) is 0 Å². The fourth-order valence-electron chi connectivity index (χ4n) is 1.97. The molecule has 0 radical (unpaired) electrons. The van der Waals surface area contributed by atoms with Crippen LogP contribution in [0.5, 0.6) is 0 Å². The van der Waals surface area contributed by atoms with Crippen molar-refractivity contribution in [1.29, 1.82) is 0 Å². The van der Waals surface area contributed by atoms with Crippen LogP contribution in [-0.4, -0.2) is 0 Å². The lowest BCUT2D eigenvalue weighted by atomic mass is 10.1. The molecule has 0 amide bonds. The first-order valence-corrected chi connectivity index (χ1v) is 8.20. The van der Waals surface area contributed by atoms with Crippen molar-refractivity contribution in [3.63, 3.8) is 0 Å². The largest absolute Gasteiger partial charge is 0.143 e. The molecule has 0 saturated heterocycles. The summed E-state index contributed by atoms with van der Waals surface area (Å²) in [6.07, 6.45) is 0. The monoisotopic (exact) mass is 294 g/mol. The van der Waals surface area contributed by atoms with Gasteiger partial charge >= 0.3 is 0 Å². The Morgan fingerprint density at radius 1 is 0.450 bits per heavy atom. The van der Waals surface area contributed by atoms with E-state index in [1.54, 1.807) is 22.7 Å². The van der Waals surface area contributed by atoms with Crippen LogP contribution in [0.2, 0.25) is 0 Å². The third-order valence-electron chi connectivity index (χ3n) is 2.94. The number of hydrogen-bond acceptors (Lipinski definition) is 2. The van der Waals surface area contributed by atoms with Gasteiger partial charge in [0.25, 0.3) is 0 Å². The van der Waals surface area contributed by atoms with Gasteiger partial charge in [-0.3, -0.25) is 0 Å². The molecule has 0 aliphatic carbocycles. The highest BCUT2D eigenvalue weighted by Gasteiger charge is 1.96. The second-order valence-corrected chi connectivity index (χ2v) is 6.20. The topological polar surface area (TPSA) is 0 Å². The summed E-state index contributed by atoms with van der Waals surface area (Å²) in [5, 5.41) is 6.83. The van der Waals surface area contributed by atoms with Crippen LogP contribution in [0.3, 0.4) is 0 Å². The van der Waals surface area contributed by atoms with Gasteiger partial charge in [0.2, 0.25) is 0 Å². The summed E-state index contributed by atoms with van der Waals surface area (Å²) in [5.74, 6) is 0. The van der Waals surface area contributed by atoms with E-state index in [0.717, 1.165) is 0 Å². The van der Waals surface area contributed by atoms with Crippen molar-refractivity contribution in [2.24, 2.45) is 0 Å². The molecule has 0 unspecified atom stereocenters. The van der Waals surface area contributed by atoms with Gasteiger partial charge in [-0.25, -0.2) is 0 Å². The molecule has 0 aliphatic rings. The molecule has 0 atom stereocenters. The highest BCUT2D eigenvalue weighted by atomic mass is 32.1. The molecule has 0 saturated carbocycles. The van der Waals surface area contributed by atoms with Gasteiger partial charge in [0.15, 0.2) is 0 Å². The lowest BCUT2D eigenvalue weighted by molar-refractivity contribution is 1.75. The van der Waals surface area contributed by atoms with Crippen LogP contribution < -0.4 is 0 Å². The molecule has 20 heavy (non-hydrogen) atoms. The van der Waals surface area contributed by atoms with Crippen molar-refractivity contribution in [3.05, 3.63) is 83.6 Å². The molecule has 2 aromatic heterocycles. The Morgan fingerprint density at radius 2 is 0.850 bits per heavy atom. The lowest BCUT2D eigenvalue weighted by Gasteiger charge is -1.92. The molecule has 98 valence electrons. The van der Waals surface area contributed by atoms with Crippen LogP contribution in [0.25, 0.3) is 20.5 Å². The Kier molecular flexibility index (Phi) is 4.26. The molecule has 2 heterocycles. The number of fused-ring (bicyclic) bond motifs is 1.